The van der Waals surface area contributed by atoms with Gasteiger partial charge in [0.2, 0.25) is 0 Å². The molecule has 138 valence electrons. The molecule has 0 aliphatic rings. The summed E-state index contributed by atoms with van der Waals surface area (Å²) >= 11 is 0. The SMILES string of the molecule is [CH2]CCCCCCCCCCCCC(C)CCCCCCC[CH2]. The molecular weight excluding hydrogens is 276 g/mol. The highest BCUT2D eigenvalue weighted by atomic mass is 14.1. The minimum absolute atomic E-state index is 0.955. The van der Waals surface area contributed by atoms with E-state index in [0.717, 1.165) is 18.8 Å². The number of hydrogen-bond donors (Lipinski definition) is 0. The average Bonchev–Trinajstić information content (AvgIpc) is 2.56. The summed E-state index contributed by atoms with van der Waals surface area (Å²) in [4.78, 5) is 0. The molecule has 23 heavy (non-hydrogen) atoms. The molecule has 1 atom stereocenters. The van der Waals surface area contributed by atoms with Gasteiger partial charge < -0.3 is 0 Å². The Morgan fingerprint density at radius 3 is 1.00 bits per heavy atom. The van der Waals surface area contributed by atoms with Crippen LogP contribution in [0.25, 0.3) is 0 Å². The van der Waals surface area contributed by atoms with Crippen molar-refractivity contribution in [2.24, 2.45) is 5.92 Å². The molecule has 0 rings (SSSR count). The molecule has 0 spiro atoms. The number of hydrogen-bond acceptors (Lipinski definition) is 0. The smallest absolute Gasteiger partial charge is 0.0443 e. The van der Waals surface area contributed by atoms with Crippen molar-refractivity contribution in [3.8, 4) is 0 Å². The van der Waals surface area contributed by atoms with Crippen LogP contribution in [0.4, 0.5) is 0 Å². The number of unbranched alkanes of at least 4 members (excludes halogenated alkanes) is 15. The summed E-state index contributed by atoms with van der Waals surface area (Å²) in [5, 5.41) is 0. The molecule has 0 aromatic rings. The average molecular weight is 323 g/mol. The van der Waals surface area contributed by atoms with Crippen LogP contribution in [0.3, 0.4) is 0 Å². The molecule has 0 heteroatoms. The highest BCUT2D eigenvalue weighted by molar-refractivity contribution is 4.56. The van der Waals surface area contributed by atoms with E-state index in [1.54, 1.807) is 0 Å². The van der Waals surface area contributed by atoms with Gasteiger partial charge in [-0.2, -0.15) is 0 Å². The normalized spacial score (nSPS) is 12.7. The topological polar surface area (TPSA) is 0 Å². The van der Waals surface area contributed by atoms with Crippen molar-refractivity contribution in [3.63, 3.8) is 0 Å². The van der Waals surface area contributed by atoms with Gasteiger partial charge in [-0.1, -0.05) is 143 Å². The standard InChI is InChI=1S/C23H46/c1-4-6-8-10-12-13-14-15-16-18-20-22-23(3)21-19-17-11-9-7-5-2/h23H,1-2,4-22H2,3H3. The summed E-state index contributed by atoms with van der Waals surface area (Å²) in [5.41, 5.74) is 0. The summed E-state index contributed by atoms with van der Waals surface area (Å²) in [6.07, 6.45) is 26.6. The van der Waals surface area contributed by atoms with Crippen molar-refractivity contribution < 1.29 is 0 Å². The van der Waals surface area contributed by atoms with Gasteiger partial charge in [0, 0.05) is 0 Å². The Morgan fingerprint density at radius 2 is 0.696 bits per heavy atom. The Bertz CT molecular complexity index is 196. The van der Waals surface area contributed by atoms with Crippen LogP contribution in [0, 0.1) is 19.8 Å². The lowest BCUT2D eigenvalue weighted by atomic mass is 9.96. The predicted molar refractivity (Wildman–Crippen MR) is 108 cm³/mol. The van der Waals surface area contributed by atoms with Gasteiger partial charge in [-0.25, -0.2) is 0 Å². The van der Waals surface area contributed by atoms with E-state index < -0.39 is 0 Å². The minimum atomic E-state index is 0.955. The van der Waals surface area contributed by atoms with E-state index in [-0.39, 0.29) is 0 Å². The van der Waals surface area contributed by atoms with Gasteiger partial charge in [0.05, 0.1) is 0 Å². The first kappa shape index (κ1) is 23.0. The van der Waals surface area contributed by atoms with Gasteiger partial charge in [-0.15, -0.1) is 0 Å². The third-order valence-electron chi connectivity index (χ3n) is 5.14. The maximum atomic E-state index is 3.91. The molecule has 0 saturated carbocycles. The van der Waals surface area contributed by atoms with Crippen molar-refractivity contribution in [2.45, 2.75) is 129 Å². The second-order valence-corrected chi connectivity index (χ2v) is 7.69. The molecule has 0 heterocycles. The van der Waals surface area contributed by atoms with Crippen molar-refractivity contribution in [1.29, 1.82) is 0 Å². The van der Waals surface area contributed by atoms with Crippen molar-refractivity contribution in [3.05, 3.63) is 13.8 Å². The second-order valence-electron chi connectivity index (χ2n) is 7.69. The summed E-state index contributed by atoms with van der Waals surface area (Å²) in [5.74, 6) is 0.955. The summed E-state index contributed by atoms with van der Waals surface area (Å²) < 4.78 is 0. The van der Waals surface area contributed by atoms with Gasteiger partial charge in [0.15, 0.2) is 0 Å². The molecule has 0 aliphatic heterocycles. The zero-order chi connectivity index (χ0) is 17.0. The van der Waals surface area contributed by atoms with E-state index in [1.165, 1.54) is 109 Å². The van der Waals surface area contributed by atoms with Gasteiger partial charge in [-0.3, -0.25) is 0 Å². The molecule has 0 amide bonds. The van der Waals surface area contributed by atoms with Crippen LogP contribution in [0.2, 0.25) is 0 Å². The molecule has 0 aromatic carbocycles. The molecule has 0 saturated heterocycles. The van der Waals surface area contributed by atoms with Crippen LogP contribution < -0.4 is 0 Å². The van der Waals surface area contributed by atoms with Gasteiger partial charge >= 0.3 is 0 Å². The first-order valence-corrected chi connectivity index (χ1v) is 10.9. The molecule has 0 fully saturated rings. The zero-order valence-corrected chi connectivity index (χ0v) is 16.4. The molecule has 2 radical (unpaired) electrons. The van der Waals surface area contributed by atoms with Gasteiger partial charge in [0.25, 0.3) is 0 Å². The third kappa shape index (κ3) is 20.0. The fourth-order valence-corrected chi connectivity index (χ4v) is 3.43. The Morgan fingerprint density at radius 1 is 0.435 bits per heavy atom. The van der Waals surface area contributed by atoms with Crippen LogP contribution >= 0.6 is 0 Å². The lowest BCUT2D eigenvalue weighted by Crippen LogP contribution is -1.95. The highest BCUT2D eigenvalue weighted by Crippen LogP contribution is 2.18. The summed E-state index contributed by atoms with van der Waals surface area (Å²) in [6.45, 7) is 10.3. The minimum Gasteiger partial charge on any atom is -0.0625 e. The lowest BCUT2D eigenvalue weighted by molar-refractivity contribution is 0.431. The zero-order valence-electron chi connectivity index (χ0n) is 16.4. The Hall–Kier alpha value is 0. The van der Waals surface area contributed by atoms with Crippen LogP contribution in [0.5, 0.6) is 0 Å². The molecule has 0 aromatic heterocycles. The van der Waals surface area contributed by atoms with Gasteiger partial charge in [-0.05, 0) is 5.92 Å². The Kier molecular flexibility index (Phi) is 20.0. The molecule has 1 unspecified atom stereocenters. The highest BCUT2D eigenvalue weighted by Gasteiger charge is 2.02. The fraction of sp³-hybridized carbons (Fsp3) is 0.913. The van der Waals surface area contributed by atoms with E-state index in [0.29, 0.717) is 0 Å². The van der Waals surface area contributed by atoms with Crippen molar-refractivity contribution in [2.75, 3.05) is 0 Å². The number of rotatable bonds is 19. The van der Waals surface area contributed by atoms with E-state index >= 15 is 0 Å². The lowest BCUT2D eigenvalue weighted by Gasteiger charge is -2.11. The molecular formula is C23H46. The first-order chi connectivity index (χ1) is 11.3. The molecule has 0 bridgehead atoms. The van der Waals surface area contributed by atoms with Gasteiger partial charge in [0.1, 0.15) is 0 Å². The molecule has 0 aliphatic carbocycles. The quantitative estimate of drug-likeness (QED) is 0.209. The maximum absolute atomic E-state index is 3.91. The Labute approximate surface area is 149 Å². The van der Waals surface area contributed by atoms with E-state index in [4.69, 9.17) is 0 Å². The monoisotopic (exact) mass is 322 g/mol. The predicted octanol–water partition coefficient (Wildman–Crippen LogP) is 8.70. The second kappa shape index (κ2) is 20.0. The molecule has 0 nitrogen and oxygen atoms in total. The van der Waals surface area contributed by atoms with E-state index in [2.05, 4.69) is 20.8 Å². The van der Waals surface area contributed by atoms with Crippen LogP contribution in [-0.2, 0) is 0 Å². The van der Waals surface area contributed by atoms with Crippen LogP contribution in [0.1, 0.15) is 129 Å². The largest absolute Gasteiger partial charge is 0.0625 e. The molecule has 0 N–H and O–H groups in total. The van der Waals surface area contributed by atoms with Crippen LogP contribution in [-0.4, -0.2) is 0 Å². The summed E-state index contributed by atoms with van der Waals surface area (Å²) in [7, 11) is 0. The van der Waals surface area contributed by atoms with Crippen molar-refractivity contribution >= 4 is 0 Å². The summed E-state index contributed by atoms with van der Waals surface area (Å²) in [6, 6.07) is 0. The van der Waals surface area contributed by atoms with E-state index in [1.807, 2.05) is 0 Å². The Balaban J connectivity index is 3.10. The maximum Gasteiger partial charge on any atom is -0.0443 e. The fourth-order valence-electron chi connectivity index (χ4n) is 3.43. The van der Waals surface area contributed by atoms with Crippen LogP contribution in [0.15, 0.2) is 0 Å². The van der Waals surface area contributed by atoms with Crippen molar-refractivity contribution in [1.82, 2.24) is 0 Å². The first-order valence-electron chi connectivity index (χ1n) is 10.9. The third-order valence-corrected chi connectivity index (χ3v) is 5.14. The van der Waals surface area contributed by atoms with E-state index in [9.17, 15) is 0 Å².